The maximum absolute atomic E-state index is 12.0. The van der Waals surface area contributed by atoms with Gasteiger partial charge in [0.05, 0.1) is 6.21 Å². The second-order valence-corrected chi connectivity index (χ2v) is 6.53. The molecule has 2 N–H and O–H groups in total. The summed E-state index contributed by atoms with van der Waals surface area (Å²) in [6.07, 6.45) is 3.91. The Morgan fingerprint density at radius 1 is 1.19 bits per heavy atom. The molecule has 1 aliphatic carbocycles. The molecular formula is C21H20N4O2. The number of carbonyl (C=O) groups is 1. The molecule has 6 heteroatoms. The van der Waals surface area contributed by atoms with Crippen molar-refractivity contribution in [1.29, 1.82) is 0 Å². The molecule has 1 heterocycles. The van der Waals surface area contributed by atoms with Crippen LogP contribution in [0.4, 0.5) is 0 Å². The van der Waals surface area contributed by atoms with Gasteiger partial charge in [0.25, 0.3) is 5.91 Å². The van der Waals surface area contributed by atoms with Crippen LogP contribution < -0.4 is 10.2 Å². The van der Waals surface area contributed by atoms with Gasteiger partial charge < -0.3 is 4.74 Å². The summed E-state index contributed by atoms with van der Waals surface area (Å²) < 4.78 is 5.75. The van der Waals surface area contributed by atoms with Gasteiger partial charge >= 0.3 is 0 Å². The average Bonchev–Trinajstić information content (AvgIpc) is 3.44. The second-order valence-electron chi connectivity index (χ2n) is 6.53. The minimum Gasteiger partial charge on any atom is -0.489 e. The van der Waals surface area contributed by atoms with Crippen molar-refractivity contribution >= 4 is 12.1 Å². The van der Waals surface area contributed by atoms with E-state index in [1.165, 1.54) is 0 Å². The smallest absolute Gasteiger partial charge is 0.291 e. The number of H-pyrrole nitrogens is 1. The minimum absolute atomic E-state index is 0.322. The highest BCUT2D eigenvalue weighted by molar-refractivity contribution is 5.93. The van der Waals surface area contributed by atoms with Crippen LogP contribution >= 0.6 is 0 Å². The largest absolute Gasteiger partial charge is 0.489 e. The normalized spacial score (nSPS) is 13.6. The number of nitrogens with one attached hydrogen (secondary N) is 2. The van der Waals surface area contributed by atoms with Crippen LogP contribution in [-0.4, -0.2) is 22.3 Å². The van der Waals surface area contributed by atoms with Crippen LogP contribution in [0.15, 0.2) is 65.8 Å². The molecule has 0 bridgehead atoms. The number of rotatable bonds is 7. The van der Waals surface area contributed by atoms with Gasteiger partial charge in [-0.2, -0.15) is 10.2 Å². The first-order chi connectivity index (χ1) is 13.3. The molecule has 3 aromatic rings. The molecule has 1 saturated carbocycles. The lowest BCUT2D eigenvalue weighted by atomic mass is 10.2. The molecular weight excluding hydrogens is 340 g/mol. The summed E-state index contributed by atoms with van der Waals surface area (Å²) in [5, 5.41) is 10.9. The average molecular weight is 360 g/mol. The fraction of sp³-hybridized carbons (Fsp3) is 0.190. The van der Waals surface area contributed by atoms with Crippen molar-refractivity contribution in [3.8, 4) is 5.75 Å². The van der Waals surface area contributed by atoms with Gasteiger partial charge in [0.2, 0.25) is 0 Å². The summed E-state index contributed by atoms with van der Waals surface area (Å²) in [6, 6.07) is 19.3. The number of hydrazone groups is 1. The van der Waals surface area contributed by atoms with Crippen molar-refractivity contribution in [2.24, 2.45) is 5.10 Å². The third-order valence-electron chi connectivity index (χ3n) is 4.36. The Bertz CT molecular complexity index is 928. The fourth-order valence-corrected chi connectivity index (χ4v) is 2.67. The molecule has 0 atom stereocenters. The number of carbonyl (C=O) groups excluding carboxylic acids is 1. The maximum atomic E-state index is 12.0. The molecule has 6 nitrogen and oxygen atoms in total. The maximum Gasteiger partial charge on any atom is 0.291 e. The standard InChI is InChI=1S/C21H20N4O2/c26-21(20-12-19(23-24-20)17-8-9-17)25-22-13-15-6-10-18(11-7-15)27-14-16-4-2-1-3-5-16/h1-7,10-13,17H,8-9,14H2,(H,23,24)(H,25,26)/b22-13-. The van der Waals surface area contributed by atoms with E-state index in [4.69, 9.17) is 4.74 Å². The van der Waals surface area contributed by atoms with E-state index in [-0.39, 0.29) is 5.91 Å². The molecule has 136 valence electrons. The van der Waals surface area contributed by atoms with E-state index in [0.29, 0.717) is 18.2 Å². The van der Waals surface area contributed by atoms with E-state index in [9.17, 15) is 4.79 Å². The lowest BCUT2D eigenvalue weighted by Gasteiger charge is -2.06. The molecule has 0 spiro atoms. The Balaban J connectivity index is 1.27. The van der Waals surface area contributed by atoms with Crippen LogP contribution in [0.1, 0.15) is 46.1 Å². The Morgan fingerprint density at radius 2 is 1.96 bits per heavy atom. The molecule has 1 aromatic heterocycles. The number of benzene rings is 2. The molecule has 0 unspecified atom stereocenters. The molecule has 0 radical (unpaired) electrons. The molecule has 0 saturated heterocycles. The zero-order valence-electron chi connectivity index (χ0n) is 14.8. The monoisotopic (exact) mass is 360 g/mol. The summed E-state index contributed by atoms with van der Waals surface area (Å²) in [5.74, 6) is 0.992. The summed E-state index contributed by atoms with van der Waals surface area (Å²) >= 11 is 0. The number of aromatic amines is 1. The van der Waals surface area contributed by atoms with Crippen LogP contribution in [0, 0.1) is 0 Å². The predicted octanol–water partition coefficient (Wildman–Crippen LogP) is 3.63. The number of aromatic nitrogens is 2. The van der Waals surface area contributed by atoms with Crippen LogP contribution in [0.2, 0.25) is 0 Å². The highest BCUT2D eigenvalue weighted by Gasteiger charge is 2.26. The van der Waals surface area contributed by atoms with E-state index < -0.39 is 0 Å². The topological polar surface area (TPSA) is 79.4 Å². The van der Waals surface area contributed by atoms with Crippen molar-refractivity contribution in [2.45, 2.75) is 25.4 Å². The minimum atomic E-state index is -0.322. The number of amides is 1. The van der Waals surface area contributed by atoms with Gasteiger partial charge in [0, 0.05) is 11.6 Å². The lowest BCUT2D eigenvalue weighted by molar-refractivity contribution is 0.0950. The van der Waals surface area contributed by atoms with Gasteiger partial charge in [0.1, 0.15) is 12.4 Å². The fourth-order valence-electron chi connectivity index (χ4n) is 2.67. The Labute approximate surface area is 157 Å². The first-order valence-corrected chi connectivity index (χ1v) is 8.93. The third kappa shape index (κ3) is 4.61. The van der Waals surface area contributed by atoms with Gasteiger partial charge in [-0.25, -0.2) is 5.43 Å². The third-order valence-corrected chi connectivity index (χ3v) is 4.36. The van der Waals surface area contributed by atoms with E-state index in [1.807, 2.05) is 54.6 Å². The van der Waals surface area contributed by atoms with Crippen LogP contribution in [-0.2, 0) is 6.61 Å². The summed E-state index contributed by atoms with van der Waals surface area (Å²) in [6.45, 7) is 0.525. The van der Waals surface area contributed by atoms with Gasteiger partial charge in [-0.15, -0.1) is 0 Å². The quantitative estimate of drug-likeness (QED) is 0.499. The van der Waals surface area contributed by atoms with Gasteiger partial charge in [-0.1, -0.05) is 30.3 Å². The molecule has 27 heavy (non-hydrogen) atoms. The summed E-state index contributed by atoms with van der Waals surface area (Å²) in [5.41, 5.74) is 5.86. The first kappa shape index (κ1) is 17.0. The van der Waals surface area contributed by atoms with Crippen molar-refractivity contribution in [3.63, 3.8) is 0 Å². The van der Waals surface area contributed by atoms with Gasteiger partial charge in [-0.3, -0.25) is 9.89 Å². The van der Waals surface area contributed by atoms with E-state index in [0.717, 1.165) is 35.4 Å². The van der Waals surface area contributed by atoms with Gasteiger partial charge in [0.15, 0.2) is 5.69 Å². The molecule has 1 amide bonds. The van der Waals surface area contributed by atoms with Crippen LogP contribution in [0.3, 0.4) is 0 Å². The Hall–Kier alpha value is -3.41. The number of nitrogens with zero attached hydrogens (tertiary/aromatic N) is 2. The Kier molecular flexibility index (Phi) is 4.96. The zero-order chi connectivity index (χ0) is 18.5. The SMILES string of the molecule is O=C(N/N=C\c1ccc(OCc2ccccc2)cc1)c1cc(C2CC2)[nH]n1. The van der Waals surface area contributed by atoms with Crippen molar-refractivity contribution in [2.75, 3.05) is 0 Å². The molecule has 1 fully saturated rings. The second kappa shape index (κ2) is 7.86. The lowest BCUT2D eigenvalue weighted by Crippen LogP contribution is -2.18. The highest BCUT2D eigenvalue weighted by Crippen LogP contribution is 2.38. The van der Waals surface area contributed by atoms with Crippen molar-refractivity contribution in [1.82, 2.24) is 15.6 Å². The zero-order valence-corrected chi connectivity index (χ0v) is 14.8. The number of hydrogen-bond donors (Lipinski definition) is 2. The molecule has 1 aliphatic rings. The van der Waals surface area contributed by atoms with E-state index in [1.54, 1.807) is 12.3 Å². The number of ether oxygens (including phenoxy) is 1. The molecule has 0 aliphatic heterocycles. The van der Waals surface area contributed by atoms with E-state index >= 15 is 0 Å². The Morgan fingerprint density at radius 3 is 2.70 bits per heavy atom. The summed E-state index contributed by atoms with van der Waals surface area (Å²) in [4.78, 5) is 12.0. The van der Waals surface area contributed by atoms with Crippen LogP contribution in [0.5, 0.6) is 5.75 Å². The van der Waals surface area contributed by atoms with E-state index in [2.05, 4.69) is 20.7 Å². The van der Waals surface area contributed by atoms with Crippen molar-refractivity contribution < 1.29 is 9.53 Å². The van der Waals surface area contributed by atoms with Crippen molar-refractivity contribution in [3.05, 3.63) is 83.2 Å². The predicted molar refractivity (Wildman–Crippen MR) is 103 cm³/mol. The van der Waals surface area contributed by atoms with Crippen LogP contribution in [0.25, 0.3) is 0 Å². The first-order valence-electron chi connectivity index (χ1n) is 8.93. The molecule has 2 aromatic carbocycles. The molecule has 4 rings (SSSR count). The summed E-state index contributed by atoms with van der Waals surface area (Å²) in [7, 11) is 0. The van der Waals surface area contributed by atoms with Gasteiger partial charge in [-0.05, 0) is 54.3 Å². The number of hydrogen-bond acceptors (Lipinski definition) is 4. The highest BCUT2D eigenvalue weighted by atomic mass is 16.5.